The lowest BCUT2D eigenvalue weighted by atomic mass is 9.96. The van der Waals surface area contributed by atoms with E-state index in [1.807, 2.05) is 0 Å². The summed E-state index contributed by atoms with van der Waals surface area (Å²) in [4.78, 5) is 34.6. The van der Waals surface area contributed by atoms with E-state index in [-0.39, 0.29) is 11.8 Å². The number of benzene rings is 1. The summed E-state index contributed by atoms with van der Waals surface area (Å²) in [5, 5.41) is 2.97. The highest BCUT2D eigenvalue weighted by atomic mass is 16.5. The molecule has 0 saturated carbocycles. The minimum Gasteiger partial charge on any atom is -0.493 e. The monoisotopic (exact) mass is 384 g/mol. The largest absolute Gasteiger partial charge is 0.493 e. The number of amides is 2. The van der Waals surface area contributed by atoms with E-state index >= 15 is 0 Å². The number of rotatable bonds is 6. The molecule has 1 aliphatic rings. The molecule has 0 atom stereocenters. The number of hydrogen-bond acceptors (Lipinski definition) is 6. The fourth-order valence-electron chi connectivity index (χ4n) is 3.23. The highest BCUT2D eigenvalue weighted by molar-refractivity contribution is 5.95. The van der Waals surface area contributed by atoms with Crippen molar-refractivity contribution >= 4 is 11.8 Å². The number of nitrogens with zero attached hydrogens (tertiary/aromatic N) is 3. The number of carbonyl (C=O) groups excluding carboxylic acids is 2. The van der Waals surface area contributed by atoms with Crippen LogP contribution >= 0.6 is 0 Å². The number of carbonyl (C=O) groups is 2. The second kappa shape index (κ2) is 9.16. The zero-order valence-electron chi connectivity index (χ0n) is 16.1. The van der Waals surface area contributed by atoms with Crippen molar-refractivity contribution < 1.29 is 19.1 Å². The summed E-state index contributed by atoms with van der Waals surface area (Å²) in [6.07, 6.45) is 6.21. The topological polar surface area (TPSA) is 93.7 Å². The lowest BCUT2D eigenvalue weighted by Crippen LogP contribution is -2.41. The highest BCUT2D eigenvalue weighted by Gasteiger charge is 2.24. The van der Waals surface area contributed by atoms with Gasteiger partial charge in [-0.1, -0.05) is 0 Å². The Morgan fingerprint density at radius 1 is 1.14 bits per heavy atom. The maximum Gasteiger partial charge on any atom is 0.274 e. The minimum absolute atomic E-state index is 0.0964. The van der Waals surface area contributed by atoms with Crippen molar-refractivity contribution in [1.82, 2.24) is 20.2 Å². The fraction of sp³-hybridized carbons (Fsp3) is 0.400. The number of likely N-dealkylation sites (tertiary alicyclic amines) is 1. The summed E-state index contributed by atoms with van der Waals surface area (Å²) < 4.78 is 10.4. The number of methoxy groups -OCH3 is 2. The van der Waals surface area contributed by atoms with Crippen molar-refractivity contribution in [1.29, 1.82) is 0 Å². The molecule has 0 unspecified atom stereocenters. The fourth-order valence-corrected chi connectivity index (χ4v) is 3.23. The number of ether oxygens (including phenoxy) is 2. The first-order valence-corrected chi connectivity index (χ1v) is 9.18. The van der Waals surface area contributed by atoms with Crippen LogP contribution in [-0.2, 0) is 0 Å². The van der Waals surface area contributed by atoms with Crippen molar-refractivity contribution in [2.24, 2.45) is 5.92 Å². The Balaban J connectivity index is 1.49. The van der Waals surface area contributed by atoms with Crippen molar-refractivity contribution in [2.45, 2.75) is 12.8 Å². The Kier molecular flexibility index (Phi) is 6.41. The molecule has 8 heteroatoms. The van der Waals surface area contributed by atoms with E-state index in [9.17, 15) is 9.59 Å². The van der Waals surface area contributed by atoms with E-state index in [1.54, 1.807) is 36.4 Å². The molecule has 0 spiro atoms. The van der Waals surface area contributed by atoms with Gasteiger partial charge >= 0.3 is 0 Å². The third kappa shape index (κ3) is 4.57. The van der Waals surface area contributed by atoms with Crippen LogP contribution in [0, 0.1) is 5.92 Å². The van der Waals surface area contributed by atoms with Gasteiger partial charge in [0, 0.05) is 37.6 Å². The van der Waals surface area contributed by atoms with Gasteiger partial charge < -0.3 is 19.7 Å². The first kappa shape index (κ1) is 19.6. The highest BCUT2D eigenvalue weighted by Crippen LogP contribution is 2.27. The molecule has 1 aliphatic heterocycles. The van der Waals surface area contributed by atoms with Crippen LogP contribution in [0.5, 0.6) is 11.5 Å². The molecule has 8 nitrogen and oxygen atoms in total. The zero-order valence-corrected chi connectivity index (χ0v) is 16.1. The minimum atomic E-state index is -0.154. The van der Waals surface area contributed by atoms with Gasteiger partial charge in [0.25, 0.3) is 11.8 Å². The van der Waals surface area contributed by atoms with Gasteiger partial charge in [-0.3, -0.25) is 14.6 Å². The third-order valence-electron chi connectivity index (χ3n) is 4.88. The molecule has 1 aromatic heterocycles. The second-order valence-corrected chi connectivity index (χ2v) is 6.61. The van der Waals surface area contributed by atoms with Gasteiger partial charge in [-0.2, -0.15) is 0 Å². The average Bonchev–Trinajstić information content (AvgIpc) is 2.77. The van der Waals surface area contributed by atoms with E-state index in [0.717, 1.165) is 12.8 Å². The Labute approximate surface area is 163 Å². The van der Waals surface area contributed by atoms with Crippen LogP contribution in [0.4, 0.5) is 0 Å². The van der Waals surface area contributed by atoms with E-state index in [2.05, 4.69) is 15.3 Å². The standard InChI is InChI=1S/C20H24N4O4/c1-27-17-4-3-15(11-18(17)28-2)19(25)23-12-14-5-9-24(10-6-14)20(26)16-13-21-7-8-22-16/h3-4,7-8,11,13-14H,5-6,9-10,12H2,1-2H3,(H,23,25). The molecule has 1 N–H and O–H groups in total. The second-order valence-electron chi connectivity index (χ2n) is 6.61. The number of piperidine rings is 1. The summed E-state index contributed by atoms with van der Waals surface area (Å²) in [5.41, 5.74) is 0.885. The number of hydrogen-bond donors (Lipinski definition) is 1. The molecule has 0 bridgehead atoms. The average molecular weight is 384 g/mol. The zero-order chi connectivity index (χ0) is 19.9. The predicted molar refractivity (Wildman–Crippen MR) is 103 cm³/mol. The molecule has 148 valence electrons. The first-order valence-electron chi connectivity index (χ1n) is 9.18. The van der Waals surface area contributed by atoms with Gasteiger partial charge in [-0.05, 0) is 37.0 Å². The number of nitrogens with one attached hydrogen (secondary N) is 1. The molecule has 2 aromatic rings. The van der Waals surface area contributed by atoms with Crippen LogP contribution in [0.15, 0.2) is 36.8 Å². The number of aromatic nitrogens is 2. The van der Waals surface area contributed by atoms with Gasteiger partial charge in [0.2, 0.25) is 0 Å². The normalized spacial score (nSPS) is 14.4. The smallest absolute Gasteiger partial charge is 0.274 e. The van der Waals surface area contributed by atoms with Crippen LogP contribution in [0.3, 0.4) is 0 Å². The lowest BCUT2D eigenvalue weighted by Gasteiger charge is -2.31. The predicted octanol–water partition coefficient (Wildman–Crippen LogP) is 1.78. The summed E-state index contributed by atoms with van der Waals surface area (Å²) in [7, 11) is 3.09. The molecule has 1 fully saturated rings. The Morgan fingerprint density at radius 3 is 2.54 bits per heavy atom. The molecule has 28 heavy (non-hydrogen) atoms. The first-order chi connectivity index (χ1) is 13.6. The van der Waals surface area contributed by atoms with Gasteiger partial charge in [-0.15, -0.1) is 0 Å². The van der Waals surface area contributed by atoms with Gasteiger partial charge in [-0.25, -0.2) is 4.98 Å². The van der Waals surface area contributed by atoms with Crippen LogP contribution < -0.4 is 14.8 Å². The van der Waals surface area contributed by atoms with Crippen molar-refractivity contribution in [3.63, 3.8) is 0 Å². The van der Waals surface area contributed by atoms with E-state index in [1.165, 1.54) is 19.5 Å². The third-order valence-corrected chi connectivity index (χ3v) is 4.88. The van der Waals surface area contributed by atoms with E-state index in [0.29, 0.717) is 48.3 Å². The molecule has 3 rings (SSSR count). The van der Waals surface area contributed by atoms with E-state index in [4.69, 9.17) is 9.47 Å². The molecule has 1 aromatic carbocycles. The molecular weight excluding hydrogens is 360 g/mol. The molecule has 2 heterocycles. The Bertz CT molecular complexity index is 820. The quantitative estimate of drug-likeness (QED) is 0.816. The van der Waals surface area contributed by atoms with E-state index < -0.39 is 0 Å². The molecule has 0 aliphatic carbocycles. The summed E-state index contributed by atoms with van der Waals surface area (Å²) >= 11 is 0. The molecule has 1 saturated heterocycles. The van der Waals surface area contributed by atoms with Crippen LogP contribution in [0.1, 0.15) is 33.7 Å². The summed E-state index contributed by atoms with van der Waals surface area (Å²) in [5.74, 6) is 1.18. The van der Waals surface area contributed by atoms with Crippen molar-refractivity contribution in [3.8, 4) is 11.5 Å². The maximum atomic E-state index is 12.4. The van der Waals surface area contributed by atoms with Crippen molar-refractivity contribution in [3.05, 3.63) is 48.0 Å². The Hall–Kier alpha value is -3.16. The van der Waals surface area contributed by atoms with Crippen LogP contribution in [-0.4, -0.2) is 60.5 Å². The Morgan fingerprint density at radius 2 is 1.89 bits per heavy atom. The van der Waals surface area contributed by atoms with Gasteiger partial charge in [0.15, 0.2) is 11.5 Å². The summed E-state index contributed by atoms with van der Waals surface area (Å²) in [6.45, 7) is 1.86. The maximum absolute atomic E-state index is 12.4. The van der Waals surface area contributed by atoms with Crippen LogP contribution in [0.2, 0.25) is 0 Å². The molecular formula is C20H24N4O4. The van der Waals surface area contributed by atoms with Crippen molar-refractivity contribution in [2.75, 3.05) is 33.9 Å². The molecule has 0 radical (unpaired) electrons. The van der Waals surface area contributed by atoms with Crippen LogP contribution in [0.25, 0.3) is 0 Å². The SMILES string of the molecule is COc1ccc(C(=O)NCC2CCN(C(=O)c3cnccn3)CC2)cc1OC. The summed E-state index contributed by atoms with van der Waals surface area (Å²) in [6, 6.07) is 5.08. The lowest BCUT2D eigenvalue weighted by molar-refractivity contribution is 0.0678. The van der Waals surface area contributed by atoms with Gasteiger partial charge in [0.1, 0.15) is 5.69 Å². The molecule has 2 amide bonds. The van der Waals surface area contributed by atoms with Gasteiger partial charge in [0.05, 0.1) is 20.4 Å².